The molecule has 0 spiro atoms. The zero-order valence-corrected chi connectivity index (χ0v) is 39.3. The monoisotopic (exact) mass is 821 g/mol. The maximum atomic E-state index is 12.8. The van der Waals surface area contributed by atoms with Gasteiger partial charge in [0.15, 0.2) is 6.10 Å². The highest BCUT2D eigenvalue weighted by Crippen LogP contribution is 2.17. The number of rotatable bonds is 48. The summed E-state index contributed by atoms with van der Waals surface area (Å²) in [7, 11) is 0. The number of unbranched alkanes of at least 4 members (excludes halogenated alkanes) is 37. The topological polar surface area (TPSA) is 78.9 Å². The molecule has 0 aromatic rings. The smallest absolute Gasteiger partial charge is 0.306 e. The summed E-state index contributed by atoms with van der Waals surface area (Å²) in [4.78, 5) is 37.9. The van der Waals surface area contributed by atoms with E-state index in [1.165, 1.54) is 199 Å². The minimum absolute atomic E-state index is 0.0618. The van der Waals surface area contributed by atoms with Crippen molar-refractivity contribution in [2.24, 2.45) is 0 Å². The zero-order valence-electron chi connectivity index (χ0n) is 39.3. The first kappa shape index (κ1) is 56.4. The molecule has 0 rings (SSSR count). The van der Waals surface area contributed by atoms with Gasteiger partial charge in [-0.25, -0.2) is 0 Å². The van der Waals surface area contributed by atoms with Gasteiger partial charge in [0.05, 0.1) is 0 Å². The number of carbonyl (C=O) groups excluding carboxylic acids is 3. The highest BCUT2D eigenvalue weighted by Gasteiger charge is 2.19. The molecule has 0 saturated heterocycles. The maximum absolute atomic E-state index is 12.8. The molecule has 1 atom stereocenters. The van der Waals surface area contributed by atoms with E-state index in [0.29, 0.717) is 19.3 Å². The Labute approximate surface area is 361 Å². The Morgan fingerprint density at radius 3 is 0.690 bits per heavy atom. The second kappa shape index (κ2) is 48.1. The van der Waals surface area contributed by atoms with Crippen LogP contribution in [0.2, 0.25) is 0 Å². The van der Waals surface area contributed by atoms with Crippen molar-refractivity contribution < 1.29 is 28.6 Å². The first-order valence-electron chi connectivity index (χ1n) is 26.0. The van der Waals surface area contributed by atoms with Crippen molar-refractivity contribution in [3.8, 4) is 0 Å². The van der Waals surface area contributed by atoms with Gasteiger partial charge in [-0.2, -0.15) is 0 Å². The molecule has 344 valence electrons. The maximum Gasteiger partial charge on any atom is 0.306 e. The number of hydrogen-bond acceptors (Lipinski definition) is 6. The van der Waals surface area contributed by atoms with E-state index in [1.807, 2.05) is 0 Å². The van der Waals surface area contributed by atoms with Gasteiger partial charge in [-0.05, 0) is 19.3 Å². The quantitative estimate of drug-likeness (QED) is 0.0346. The molecular weight excluding hydrogens is 721 g/mol. The fourth-order valence-corrected chi connectivity index (χ4v) is 7.92. The zero-order chi connectivity index (χ0) is 42.3. The van der Waals surface area contributed by atoms with E-state index in [1.54, 1.807) is 0 Å². The molecule has 0 saturated carbocycles. The average molecular weight is 821 g/mol. The van der Waals surface area contributed by atoms with Crippen LogP contribution in [-0.4, -0.2) is 37.2 Å². The lowest BCUT2D eigenvalue weighted by Crippen LogP contribution is -2.30. The van der Waals surface area contributed by atoms with Crippen LogP contribution >= 0.6 is 0 Å². The van der Waals surface area contributed by atoms with Gasteiger partial charge in [-0.3, -0.25) is 14.4 Å². The van der Waals surface area contributed by atoms with Crippen LogP contribution in [0.25, 0.3) is 0 Å². The van der Waals surface area contributed by atoms with Gasteiger partial charge < -0.3 is 14.2 Å². The van der Waals surface area contributed by atoms with Crippen molar-refractivity contribution in [1.82, 2.24) is 0 Å². The van der Waals surface area contributed by atoms with E-state index in [4.69, 9.17) is 14.2 Å². The standard InChI is InChI=1S/C52H100O6/c1-4-7-10-13-16-19-22-24-25-26-27-29-30-33-36-39-42-45-51(54)57-48-49(47-56-50(53)44-41-38-35-32-21-18-15-12-9-6-3)58-52(55)46-43-40-37-34-31-28-23-20-17-14-11-8-5-2/h49H,4-48H2,1-3H3/t49-/m0/s1. The van der Waals surface area contributed by atoms with Crippen molar-refractivity contribution >= 4 is 17.9 Å². The fourth-order valence-electron chi connectivity index (χ4n) is 7.92. The SMILES string of the molecule is CCCCCCCCCCCCCCCCCCCC(=O)OC[C@H](COC(=O)CCCCCCCCCCCC)OC(=O)CCCCCCCCCCCCCCC. The molecule has 58 heavy (non-hydrogen) atoms. The molecule has 0 fully saturated rings. The van der Waals surface area contributed by atoms with E-state index in [-0.39, 0.29) is 31.1 Å². The molecule has 0 aliphatic heterocycles. The molecule has 0 aromatic heterocycles. The fraction of sp³-hybridized carbons (Fsp3) is 0.942. The van der Waals surface area contributed by atoms with Crippen LogP contribution in [0.15, 0.2) is 0 Å². The van der Waals surface area contributed by atoms with Gasteiger partial charge in [0.2, 0.25) is 0 Å². The van der Waals surface area contributed by atoms with Crippen molar-refractivity contribution in [3.05, 3.63) is 0 Å². The largest absolute Gasteiger partial charge is 0.462 e. The molecular formula is C52H100O6. The molecule has 0 radical (unpaired) electrons. The van der Waals surface area contributed by atoms with Crippen LogP contribution < -0.4 is 0 Å². The minimum atomic E-state index is -0.759. The molecule has 6 nitrogen and oxygen atoms in total. The lowest BCUT2D eigenvalue weighted by molar-refractivity contribution is -0.167. The number of ether oxygens (including phenoxy) is 3. The summed E-state index contributed by atoms with van der Waals surface area (Å²) in [5.41, 5.74) is 0. The number of hydrogen-bond donors (Lipinski definition) is 0. The lowest BCUT2D eigenvalue weighted by atomic mass is 10.0. The van der Waals surface area contributed by atoms with E-state index in [2.05, 4.69) is 20.8 Å². The first-order chi connectivity index (χ1) is 28.5. The van der Waals surface area contributed by atoms with Crippen LogP contribution in [0.4, 0.5) is 0 Å². The van der Waals surface area contributed by atoms with Crippen LogP contribution in [0.3, 0.4) is 0 Å². The van der Waals surface area contributed by atoms with Crippen LogP contribution in [0, 0.1) is 0 Å². The molecule has 0 aliphatic carbocycles. The van der Waals surface area contributed by atoms with Gasteiger partial charge in [-0.1, -0.05) is 258 Å². The molecule has 0 amide bonds. The van der Waals surface area contributed by atoms with Gasteiger partial charge in [0.25, 0.3) is 0 Å². The Morgan fingerprint density at radius 1 is 0.276 bits per heavy atom. The van der Waals surface area contributed by atoms with Crippen molar-refractivity contribution in [1.29, 1.82) is 0 Å². The first-order valence-corrected chi connectivity index (χ1v) is 26.0. The Hall–Kier alpha value is -1.59. The average Bonchev–Trinajstić information content (AvgIpc) is 3.22. The number of carbonyl (C=O) groups is 3. The second-order valence-corrected chi connectivity index (χ2v) is 17.8. The van der Waals surface area contributed by atoms with Crippen LogP contribution in [0.5, 0.6) is 0 Å². The molecule has 0 heterocycles. The Morgan fingerprint density at radius 2 is 0.466 bits per heavy atom. The summed E-state index contributed by atoms with van der Waals surface area (Å²) in [5, 5.41) is 0. The third kappa shape index (κ3) is 45.5. The van der Waals surface area contributed by atoms with Crippen molar-refractivity contribution in [2.75, 3.05) is 13.2 Å². The predicted octanol–water partition coefficient (Wildman–Crippen LogP) is 16.8. The molecule has 6 heteroatoms. The molecule has 0 bridgehead atoms. The Balaban J connectivity index is 4.26. The van der Waals surface area contributed by atoms with E-state index in [0.717, 1.165) is 57.8 Å². The normalized spacial score (nSPS) is 11.8. The van der Waals surface area contributed by atoms with E-state index < -0.39 is 6.10 Å². The highest BCUT2D eigenvalue weighted by molar-refractivity contribution is 5.71. The van der Waals surface area contributed by atoms with Crippen molar-refractivity contribution in [3.63, 3.8) is 0 Å². The van der Waals surface area contributed by atoms with Gasteiger partial charge >= 0.3 is 17.9 Å². The van der Waals surface area contributed by atoms with Gasteiger partial charge in [-0.15, -0.1) is 0 Å². The summed E-state index contributed by atoms with van der Waals surface area (Å²) < 4.78 is 16.8. The highest BCUT2D eigenvalue weighted by atomic mass is 16.6. The summed E-state index contributed by atoms with van der Waals surface area (Å²) in [6, 6.07) is 0. The minimum Gasteiger partial charge on any atom is -0.462 e. The van der Waals surface area contributed by atoms with E-state index >= 15 is 0 Å². The van der Waals surface area contributed by atoms with Gasteiger partial charge in [0, 0.05) is 19.3 Å². The van der Waals surface area contributed by atoms with Crippen molar-refractivity contribution in [2.45, 2.75) is 303 Å². The Bertz CT molecular complexity index is 859. The summed E-state index contributed by atoms with van der Waals surface area (Å²) in [6.07, 6.45) is 50.8. The lowest BCUT2D eigenvalue weighted by Gasteiger charge is -2.18. The van der Waals surface area contributed by atoms with Crippen LogP contribution in [0.1, 0.15) is 297 Å². The predicted molar refractivity (Wildman–Crippen MR) is 247 cm³/mol. The Kier molecular flexibility index (Phi) is 46.8. The van der Waals surface area contributed by atoms with Gasteiger partial charge in [0.1, 0.15) is 13.2 Å². The van der Waals surface area contributed by atoms with Crippen LogP contribution in [-0.2, 0) is 28.6 Å². The summed E-state index contributed by atoms with van der Waals surface area (Å²) >= 11 is 0. The second-order valence-electron chi connectivity index (χ2n) is 17.8. The molecule has 0 aliphatic rings. The molecule has 0 N–H and O–H groups in total. The third-order valence-corrected chi connectivity index (χ3v) is 11.9. The summed E-state index contributed by atoms with van der Waals surface area (Å²) in [6.45, 7) is 6.67. The molecule has 0 unspecified atom stereocenters. The van der Waals surface area contributed by atoms with E-state index in [9.17, 15) is 14.4 Å². The summed E-state index contributed by atoms with van der Waals surface area (Å²) in [5.74, 6) is -0.842. The molecule has 0 aromatic carbocycles. The third-order valence-electron chi connectivity index (χ3n) is 11.9. The number of esters is 3.